The number of piperazine rings is 1. The third-order valence-electron chi connectivity index (χ3n) is 4.79. The summed E-state index contributed by atoms with van der Waals surface area (Å²) in [6, 6.07) is 8.10. The number of fused-ring (bicyclic) bond motifs is 1. The number of hydrogen-bond acceptors (Lipinski definition) is 5. The quantitative estimate of drug-likeness (QED) is 0.849. The van der Waals surface area contributed by atoms with Crippen molar-refractivity contribution in [3.05, 3.63) is 34.7 Å². The van der Waals surface area contributed by atoms with Gasteiger partial charge < -0.3 is 15.0 Å². The van der Waals surface area contributed by atoms with Crippen molar-refractivity contribution in [2.75, 3.05) is 39.3 Å². The second-order valence-corrected chi connectivity index (χ2v) is 9.17. The van der Waals surface area contributed by atoms with E-state index in [1.807, 2.05) is 45.9 Å². The summed E-state index contributed by atoms with van der Waals surface area (Å²) in [5, 5.41) is 4.19. The van der Waals surface area contributed by atoms with Crippen molar-refractivity contribution in [3.63, 3.8) is 0 Å². The Bertz CT molecular complexity index is 848. The van der Waals surface area contributed by atoms with Crippen LogP contribution in [0.3, 0.4) is 0 Å². The molecule has 152 valence electrons. The molecule has 1 aliphatic heterocycles. The number of ether oxygens (including phenoxy) is 1. The number of carbonyl (C=O) groups is 2. The third kappa shape index (κ3) is 5.02. The van der Waals surface area contributed by atoms with Crippen LogP contribution in [0.2, 0.25) is 0 Å². The minimum atomic E-state index is -0.469. The average molecular weight is 404 g/mol. The molecule has 3 rings (SSSR count). The van der Waals surface area contributed by atoms with Crippen LogP contribution in [-0.2, 0) is 4.74 Å². The highest BCUT2D eigenvalue weighted by atomic mass is 32.1. The molecule has 1 fully saturated rings. The molecule has 0 unspecified atom stereocenters. The van der Waals surface area contributed by atoms with Gasteiger partial charge in [-0.25, -0.2) is 4.79 Å². The van der Waals surface area contributed by atoms with Gasteiger partial charge in [-0.1, -0.05) is 18.2 Å². The number of amides is 2. The lowest BCUT2D eigenvalue weighted by atomic mass is 10.1. The molecule has 1 aromatic heterocycles. The predicted molar refractivity (Wildman–Crippen MR) is 113 cm³/mol. The van der Waals surface area contributed by atoms with Crippen molar-refractivity contribution in [3.8, 4) is 0 Å². The van der Waals surface area contributed by atoms with Crippen LogP contribution in [0.15, 0.2) is 24.3 Å². The lowest BCUT2D eigenvalue weighted by molar-refractivity contribution is 0.0147. The van der Waals surface area contributed by atoms with E-state index in [1.165, 1.54) is 0 Å². The Morgan fingerprint density at radius 2 is 1.82 bits per heavy atom. The van der Waals surface area contributed by atoms with Gasteiger partial charge in [0.15, 0.2) is 0 Å². The fourth-order valence-corrected chi connectivity index (χ4v) is 4.40. The Morgan fingerprint density at radius 1 is 1.14 bits per heavy atom. The first-order chi connectivity index (χ1) is 13.2. The van der Waals surface area contributed by atoms with Gasteiger partial charge in [0.05, 0.1) is 4.88 Å². The van der Waals surface area contributed by atoms with Crippen molar-refractivity contribution in [2.24, 2.45) is 0 Å². The van der Waals surface area contributed by atoms with Crippen molar-refractivity contribution >= 4 is 33.4 Å². The van der Waals surface area contributed by atoms with Crippen molar-refractivity contribution in [1.82, 2.24) is 15.1 Å². The molecule has 7 heteroatoms. The summed E-state index contributed by atoms with van der Waals surface area (Å²) in [5.74, 6) is -0.00825. The number of aryl methyl sites for hydroxylation is 1. The second kappa shape index (κ2) is 8.49. The number of nitrogens with zero attached hydrogens (tertiary/aromatic N) is 2. The van der Waals surface area contributed by atoms with Gasteiger partial charge in [0.2, 0.25) is 0 Å². The molecule has 1 aromatic carbocycles. The molecular weight excluding hydrogens is 374 g/mol. The van der Waals surface area contributed by atoms with E-state index in [-0.39, 0.29) is 12.0 Å². The third-order valence-corrected chi connectivity index (χ3v) is 6.06. The largest absolute Gasteiger partial charge is 0.444 e. The zero-order valence-corrected chi connectivity index (χ0v) is 17.9. The van der Waals surface area contributed by atoms with E-state index in [0.29, 0.717) is 19.6 Å². The van der Waals surface area contributed by atoms with E-state index in [2.05, 4.69) is 16.3 Å². The lowest BCUT2D eigenvalue weighted by Crippen LogP contribution is -2.51. The van der Waals surface area contributed by atoms with Gasteiger partial charge in [0.25, 0.3) is 5.91 Å². The first-order valence-electron chi connectivity index (χ1n) is 9.71. The summed E-state index contributed by atoms with van der Waals surface area (Å²) in [4.78, 5) is 29.5. The zero-order valence-electron chi connectivity index (χ0n) is 17.1. The summed E-state index contributed by atoms with van der Waals surface area (Å²) >= 11 is 1.54. The topological polar surface area (TPSA) is 61.9 Å². The van der Waals surface area contributed by atoms with E-state index in [0.717, 1.165) is 40.2 Å². The summed E-state index contributed by atoms with van der Waals surface area (Å²) in [6.45, 7) is 11.9. The number of nitrogens with one attached hydrogen (secondary N) is 1. The van der Waals surface area contributed by atoms with Gasteiger partial charge in [-0.05, 0) is 44.7 Å². The maximum atomic E-state index is 12.6. The van der Waals surface area contributed by atoms with Crippen LogP contribution < -0.4 is 5.32 Å². The molecule has 0 aliphatic carbocycles. The van der Waals surface area contributed by atoms with E-state index >= 15 is 0 Å². The molecule has 1 saturated heterocycles. The highest BCUT2D eigenvalue weighted by Gasteiger charge is 2.25. The summed E-state index contributed by atoms with van der Waals surface area (Å²) in [5.41, 5.74) is 0.576. The standard InChI is InChI=1S/C21H29N3O3S/c1-15-16-7-5-6-8-17(16)28-18(15)19(25)22-9-10-23-11-13-24(14-12-23)20(26)27-21(2,3)4/h5-8H,9-14H2,1-4H3,(H,22,25). The van der Waals surface area contributed by atoms with Crippen LogP contribution in [0.5, 0.6) is 0 Å². The Morgan fingerprint density at radius 3 is 2.46 bits per heavy atom. The Balaban J connectivity index is 1.44. The van der Waals surface area contributed by atoms with Gasteiger partial charge in [-0.3, -0.25) is 9.69 Å². The molecule has 0 bridgehead atoms. The van der Waals surface area contributed by atoms with E-state index < -0.39 is 5.60 Å². The molecule has 1 aliphatic rings. The maximum absolute atomic E-state index is 12.6. The highest BCUT2D eigenvalue weighted by molar-refractivity contribution is 7.21. The summed E-state index contributed by atoms with van der Waals surface area (Å²) in [7, 11) is 0. The van der Waals surface area contributed by atoms with E-state index in [4.69, 9.17) is 4.74 Å². The molecular formula is C21H29N3O3S. The Labute approximate surface area is 170 Å². The molecule has 2 amide bonds. The molecule has 0 spiro atoms. The fraction of sp³-hybridized carbons (Fsp3) is 0.524. The van der Waals surface area contributed by atoms with Crippen LogP contribution >= 0.6 is 11.3 Å². The number of thiophene rings is 1. The first-order valence-corrected chi connectivity index (χ1v) is 10.5. The smallest absolute Gasteiger partial charge is 0.410 e. The number of hydrogen-bond donors (Lipinski definition) is 1. The van der Waals surface area contributed by atoms with E-state index in [9.17, 15) is 9.59 Å². The van der Waals surface area contributed by atoms with Crippen LogP contribution in [0.4, 0.5) is 4.79 Å². The monoisotopic (exact) mass is 403 g/mol. The van der Waals surface area contributed by atoms with Crippen molar-refractivity contribution in [1.29, 1.82) is 0 Å². The fourth-order valence-electron chi connectivity index (χ4n) is 3.28. The average Bonchev–Trinajstić information content (AvgIpc) is 2.98. The molecule has 2 aromatic rings. The molecule has 0 radical (unpaired) electrons. The molecule has 2 heterocycles. The number of carbonyl (C=O) groups excluding carboxylic acids is 2. The van der Waals surface area contributed by atoms with Gasteiger partial charge in [0.1, 0.15) is 5.60 Å². The molecule has 6 nitrogen and oxygen atoms in total. The molecule has 0 saturated carbocycles. The van der Waals surface area contributed by atoms with Crippen LogP contribution in [0.1, 0.15) is 36.0 Å². The van der Waals surface area contributed by atoms with Gasteiger partial charge in [-0.15, -0.1) is 11.3 Å². The SMILES string of the molecule is Cc1c(C(=O)NCCN2CCN(C(=O)OC(C)(C)C)CC2)sc2ccccc12. The lowest BCUT2D eigenvalue weighted by Gasteiger charge is -2.35. The zero-order chi connectivity index (χ0) is 20.3. The summed E-state index contributed by atoms with van der Waals surface area (Å²) < 4.78 is 6.56. The molecule has 1 N–H and O–H groups in total. The van der Waals surface area contributed by atoms with Gasteiger partial charge in [-0.2, -0.15) is 0 Å². The molecule has 0 atom stereocenters. The van der Waals surface area contributed by atoms with Crippen LogP contribution in [0, 0.1) is 6.92 Å². The van der Waals surface area contributed by atoms with Gasteiger partial charge >= 0.3 is 6.09 Å². The van der Waals surface area contributed by atoms with Crippen molar-refractivity contribution in [2.45, 2.75) is 33.3 Å². The Hall–Kier alpha value is -2.12. The minimum absolute atomic E-state index is 0.00825. The second-order valence-electron chi connectivity index (χ2n) is 8.12. The minimum Gasteiger partial charge on any atom is -0.444 e. The number of benzene rings is 1. The van der Waals surface area contributed by atoms with Crippen LogP contribution in [0.25, 0.3) is 10.1 Å². The number of rotatable bonds is 4. The molecule has 28 heavy (non-hydrogen) atoms. The normalized spacial score (nSPS) is 15.6. The van der Waals surface area contributed by atoms with Crippen LogP contribution in [-0.4, -0.2) is 66.7 Å². The predicted octanol–water partition coefficient (Wildman–Crippen LogP) is 3.49. The highest BCUT2D eigenvalue weighted by Crippen LogP contribution is 2.30. The maximum Gasteiger partial charge on any atom is 0.410 e. The van der Waals surface area contributed by atoms with Crippen molar-refractivity contribution < 1.29 is 14.3 Å². The van der Waals surface area contributed by atoms with Gasteiger partial charge in [0, 0.05) is 44.0 Å². The first kappa shape index (κ1) is 20.6. The van der Waals surface area contributed by atoms with E-state index in [1.54, 1.807) is 16.2 Å². The summed E-state index contributed by atoms with van der Waals surface area (Å²) in [6.07, 6.45) is -0.249. The Kier molecular flexibility index (Phi) is 6.25.